The molecule has 6 nitrogen and oxygen atoms in total. The van der Waals surface area contributed by atoms with Gasteiger partial charge in [-0.1, -0.05) is 0 Å². The number of esters is 1. The summed E-state index contributed by atoms with van der Waals surface area (Å²) >= 11 is 0. The molecule has 0 amide bonds. The number of alkyl halides is 3. The van der Waals surface area contributed by atoms with E-state index < -0.39 is 18.2 Å². The first-order valence-corrected chi connectivity index (χ1v) is 6.74. The van der Waals surface area contributed by atoms with E-state index in [1.165, 1.54) is 44.1 Å². The SMILES string of the molecule is COc1ccc(C(=O)O[C@@H](c2cnn(C)c2)C(F)(F)F)cc1OC. The smallest absolute Gasteiger partial charge is 0.429 e. The van der Waals surface area contributed by atoms with E-state index in [9.17, 15) is 18.0 Å². The Kier molecular flexibility index (Phi) is 5.01. The number of ether oxygens (including phenoxy) is 3. The number of aryl methyl sites for hydroxylation is 1. The Morgan fingerprint density at radius 3 is 2.38 bits per heavy atom. The molecule has 0 unspecified atom stereocenters. The lowest BCUT2D eigenvalue weighted by Crippen LogP contribution is -2.26. The second-order valence-electron chi connectivity index (χ2n) is 4.84. The number of hydrogen-bond donors (Lipinski definition) is 0. The maximum absolute atomic E-state index is 13.2. The van der Waals surface area contributed by atoms with E-state index in [2.05, 4.69) is 9.84 Å². The highest BCUT2D eigenvalue weighted by molar-refractivity contribution is 5.90. The summed E-state index contributed by atoms with van der Waals surface area (Å²) in [5.41, 5.74) is -0.357. The van der Waals surface area contributed by atoms with Crippen LogP contribution in [0.5, 0.6) is 11.5 Å². The summed E-state index contributed by atoms with van der Waals surface area (Å²) in [6.45, 7) is 0. The third-order valence-corrected chi connectivity index (χ3v) is 3.17. The van der Waals surface area contributed by atoms with E-state index in [0.717, 1.165) is 12.4 Å². The molecule has 0 radical (unpaired) electrons. The summed E-state index contributed by atoms with van der Waals surface area (Å²) in [6.07, 6.45) is -5.04. The normalized spacial score (nSPS) is 12.6. The average Bonchev–Trinajstić information content (AvgIpc) is 2.96. The fourth-order valence-corrected chi connectivity index (χ4v) is 2.04. The van der Waals surface area contributed by atoms with E-state index in [1.54, 1.807) is 0 Å². The van der Waals surface area contributed by atoms with Crippen molar-refractivity contribution in [3.05, 3.63) is 41.7 Å². The van der Waals surface area contributed by atoms with Crippen LogP contribution < -0.4 is 9.47 Å². The summed E-state index contributed by atoms with van der Waals surface area (Å²) in [7, 11) is 4.21. The van der Waals surface area contributed by atoms with Gasteiger partial charge in [-0.2, -0.15) is 18.3 Å². The predicted molar refractivity (Wildman–Crippen MR) is 77.0 cm³/mol. The molecule has 1 heterocycles. The molecule has 0 saturated carbocycles. The lowest BCUT2D eigenvalue weighted by Gasteiger charge is -2.19. The molecule has 130 valence electrons. The third-order valence-electron chi connectivity index (χ3n) is 3.17. The zero-order valence-electron chi connectivity index (χ0n) is 13.1. The molecule has 0 N–H and O–H groups in total. The van der Waals surface area contributed by atoms with E-state index in [1.807, 2.05) is 0 Å². The topological polar surface area (TPSA) is 62.6 Å². The van der Waals surface area contributed by atoms with Gasteiger partial charge >= 0.3 is 12.1 Å². The van der Waals surface area contributed by atoms with Crippen molar-refractivity contribution < 1.29 is 32.2 Å². The molecule has 2 rings (SSSR count). The van der Waals surface area contributed by atoms with Crippen LogP contribution in [0.15, 0.2) is 30.6 Å². The van der Waals surface area contributed by atoms with Gasteiger partial charge in [0.05, 0.1) is 26.0 Å². The molecule has 9 heteroatoms. The van der Waals surface area contributed by atoms with Crippen LogP contribution in [0.25, 0.3) is 0 Å². The number of carbonyl (C=O) groups is 1. The maximum atomic E-state index is 13.2. The van der Waals surface area contributed by atoms with Gasteiger partial charge < -0.3 is 14.2 Å². The molecule has 0 spiro atoms. The third kappa shape index (κ3) is 3.79. The van der Waals surface area contributed by atoms with Gasteiger partial charge in [-0.3, -0.25) is 4.68 Å². The van der Waals surface area contributed by atoms with Gasteiger partial charge in [-0.15, -0.1) is 0 Å². The second-order valence-corrected chi connectivity index (χ2v) is 4.84. The van der Waals surface area contributed by atoms with Crippen molar-refractivity contribution in [3.8, 4) is 11.5 Å². The second kappa shape index (κ2) is 6.81. The summed E-state index contributed by atoms with van der Waals surface area (Å²) < 4.78 is 55.5. The van der Waals surface area contributed by atoms with Gasteiger partial charge in [0.15, 0.2) is 11.5 Å². The van der Waals surface area contributed by atoms with Crippen LogP contribution in [0, 0.1) is 0 Å². The van der Waals surface area contributed by atoms with Crippen LogP contribution in [-0.4, -0.2) is 36.1 Å². The van der Waals surface area contributed by atoms with Gasteiger partial charge in [0.1, 0.15) is 0 Å². The monoisotopic (exact) mass is 344 g/mol. The highest BCUT2D eigenvalue weighted by atomic mass is 19.4. The summed E-state index contributed by atoms with van der Waals surface area (Å²) in [4.78, 5) is 12.1. The molecule has 1 aromatic heterocycles. The largest absolute Gasteiger partial charge is 0.493 e. The fourth-order valence-electron chi connectivity index (χ4n) is 2.04. The molecular weight excluding hydrogens is 329 g/mol. The fraction of sp³-hybridized carbons (Fsp3) is 0.333. The van der Waals surface area contributed by atoms with Crippen molar-refractivity contribution in [2.45, 2.75) is 12.3 Å². The Labute approximate surface area is 135 Å². The zero-order chi connectivity index (χ0) is 17.9. The molecule has 2 aromatic rings. The molecule has 0 aliphatic rings. The minimum Gasteiger partial charge on any atom is -0.493 e. The van der Waals surface area contributed by atoms with E-state index in [4.69, 9.17) is 9.47 Å². The van der Waals surface area contributed by atoms with Crippen molar-refractivity contribution >= 4 is 5.97 Å². The lowest BCUT2D eigenvalue weighted by molar-refractivity contribution is -0.207. The molecule has 24 heavy (non-hydrogen) atoms. The summed E-state index contributed by atoms with van der Waals surface area (Å²) in [5, 5.41) is 3.67. The van der Waals surface area contributed by atoms with Gasteiger partial charge in [-0.25, -0.2) is 4.79 Å². The number of rotatable bonds is 5. The zero-order valence-corrected chi connectivity index (χ0v) is 13.1. The number of aromatic nitrogens is 2. The summed E-state index contributed by atoms with van der Waals surface area (Å²) in [5.74, 6) is -0.590. The Morgan fingerprint density at radius 1 is 1.21 bits per heavy atom. The van der Waals surface area contributed by atoms with Crippen LogP contribution in [-0.2, 0) is 11.8 Å². The first kappa shape index (κ1) is 17.6. The van der Waals surface area contributed by atoms with Crippen molar-refractivity contribution in [2.24, 2.45) is 7.05 Å². The number of nitrogens with zero attached hydrogens (tertiary/aromatic N) is 2. The first-order chi connectivity index (χ1) is 11.3. The maximum Gasteiger partial charge on any atom is 0.429 e. The highest BCUT2D eigenvalue weighted by Crippen LogP contribution is 2.37. The van der Waals surface area contributed by atoms with E-state index >= 15 is 0 Å². The van der Waals surface area contributed by atoms with E-state index in [0.29, 0.717) is 5.75 Å². The summed E-state index contributed by atoms with van der Waals surface area (Å²) in [6, 6.07) is 3.94. The standard InChI is InChI=1S/C15H15F3N2O4/c1-20-8-10(7-19-20)13(15(16,17)18)24-14(21)9-4-5-11(22-2)12(6-9)23-3/h4-8,13H,1-3H3/t13-/m0/s1. The van der Waals surface area contributed by atoms with Gasteiger partial charge in [0.2, 0.25) is 6.10 Å². The number of carbonyl (C=O) groups excluding carboxylic acids is 1. The van der Waals surface area contributed by atoms with Crippen molar-refractivity contribution in [1.82, 2.24) is 9.78 Å². The molecule has 0 fully saturated rings. The number of methoxy groups -OCH3 is 2. The Hall–Kier alpha value is -2.71. The van der Waals surface area contributed by atoms with Crippen LogP contribution in [0.4, 0.5) is 13.2 Å². The minimum atomic E-state index is -4.77. The number of benzene rings is 1. The molecule has 1 aromatic carbocycles. The molecule has 0 bridgehead atoms. The van der Waals surface area contributed by atoms with E-state index in [-0.39, 0.29) is 16.9 Å². The highest BCUT2D eigenvalue weighted by Gasteiger charge is 2.45. The number of hydrogen-bond acceptors (Lipinski definition) is 5. The Balaban J connectivity index is 2.28. The van der Waals surface area contributed by atoms with Gasteiger partial charge in [-0.05, 0) is 18.2 Å². The quantitative estimate of drug-likeness (QED) is 0.781. The van der Waals surface area contributed by atoms with Crippen LogP contribution in [0.1, 0.15) is 22.0 Å². The molecular formula is C15H15F3N2O4. The molecule has 1 atom stereocenters. The lowest BCUT2D eigenvalue weighted by atomic mass is 10.1. The first-order valence-electron chi connectivity index (χ1n) is 6.74. The van der Waals surface area contributed by atoms with Crippen LogP contribution in [0.3, 0.4) is 0 Å². The van der Waals surface area contributed by atoms with Crippen molar-refractivity contribution in [3.63, 3.8) is 0 Å². The van der Waals surface area contributed by atoms with Crippen molar-refractivity contribution in [2.75, 3.05) is 14.2 Å². The van der Waals surface area contributed by atoms with Crippen LogP contribution >= 0.6 is 0 Å². The Morgan fingerprint density at radius 2 is 1.88 bits per heavy atom. The predicted octanol–water partition coefficient (Wildman–Crippen LogP) is 2.90. The van der Waals surface area contributed by atoms with Crippen molar-refractivity contribution in [1.29, 1.82) is 0 Å². The van der Waals surface area contributed by atoms with Gasteiger partial charge in [0, 0.05) is 18.8 Å². The van der Waals surface area contributed by atoms with Crippen LogP contribution in [0.2, 0.25) is 0 Å². The molecule has 0 aliphatic heterocycles. The average molecular weight is 344 g/mol. The van der Waals surface area contributed by atoms with Gasteiger partial charge in [0.25, 0.3) is 0 Å². The Bertz CT molecular complexity index is 728. The number of halogens is 3. The molecule has 0 aliphatic carbocycles. The minimum absolute atomic E-state index is 0.0919. The molecule has 0 saturated heterocycles.